The molecule has 104 valence electrons. The van der Waals surface area contributed by atoms with E-state index in [-0.39, 0.29) is 0 Å². The molecular formula is C11H27NO4P+. The Morgan fingerprint density at radius 2 is 1.18 bits per heavy atom. The van der Waals surface area contributed by atoms with Gasteiger partial charge in [0.1, 0.15) is 0 Å². The first-order valence-electron chi connectivity index (χ1n) is 6.20. The molecule has 0 spiro atoms. The molecule has 3 N–H and O–H groups in total. The molecule has 0 aromatic rings. The summed E-state index contributed by atoms with van der Waals surface area (Å²) in [5, 5.41) is 0. The smallest absolute Gasteiger partial charge is 0.328 e. The van der Waals surface area contributed by atoms with E-state index < -0.39 is 7.82 Å². The van der Waals surface area contributed by atoms with Crippen molar-refractivity contribution in [2.24, 2.45) is 0 Å². The topological polar surface area (TPSA) is 77.8 Å². The summed E-state index contributed by atoms with van der Waals surface area (Å²) >= 11 is 0. The first kappa shape index (κ1) is 17.1. The number of nitrogens with zero attached hydrogens (tertiary/aromatic N) is 1. The molecule has 6 heteroatoms. The highest BCUT2D eigenvalue weighted by atomic mass is 31.2. The molecule has 1 fully saturated rings. The first-order chi connectivity index (χ1) is 7.61. The standard InChI is InChI=1S/C11H24N.H3O4P/c1-12(2,3)11-9-7-5-4-6-8-10-11;1-5(2,3)4/h11H,4-10H2,1-3H3;(H3,1,2,3,4)/q+1;. The lowest BCUT2D eigenvalue weighted by Gasteiger charge is -2.35. The first-order valence-corrected chi connectivity index (χ1v) is 7.76. The average Bonchev–Trinajstić information content (AvgIpc) is 1.95. The Morgan fingerprint density at radius 3 is 1.47 bits per heavy atom. The van der Waals surface area contributed by atoms with Gasteiger partial charge in [-0.3, -0.25) is 0 Å². The summed E-state index contributed by atoms with van der Waals surface area (Å²) in [6, 6.07) is 0.922. The van der Waals surface area contributed by atoms with Crippen molar-refractivity contribution in [3.63, 3.8) is 0 Å². The minimum atomic E-state index is -4.64. The van der Waals surface area contributed by atoms with Crippen LogP contribution >= 0.6 is 7.82 Å². The highest BCUT2D eigenvalue weighted by Gasteiger charge is 2.23. The van der Waals surface area contributed by atoms with Crippen molar-refractivity contribution in [2.45, 2.75) is 51.0 Å². The van der Waals surface area contributed by atoms with Crippen LogP contribution in [0.2, 0.25) is 0 Å². The van der Waals surface area contributed by atoms with E-state index in [2.05, 4.69) is 21.1 Å². The third kappa shape index (κ3) is 12.3. The summed E-state index contributed by atoms with van der Waals surface area (Å²) in [5.41, 5.74) is 0. The molecule has 17 heavy (non-hydrogen) atoms. The highest BCUT2D eigenvalue weighted by Crippen LogP contribution is 2.25. The lowest BCUT2D eigenvalue weighted by Crippen LogP contribution is -2.45. The lowest BCUT2D eigenvalue weighted by molar-refractivity contribution is -0.897. The molecule has 1 aliphatic carbocycles. The Hall–Kier alpha value is 0.0700. The monoisotopic (exact) mass is 268 g/mol. The molecule has 1 saturated carbocycles. The molecule has 0 atom stereocenters. The largest absolute Gasteiger partial charge is 0.466 e. The minimum Gasteiger partial charge on any atom is -0.328 e. The van der Waals surface area contributed by atoms with E-state index in [0.717, 1.165) is 6.04 Å². The third-order valence-corrected chi connectivity index (χ3v) is 3.17. The Morgan fingerprint density at radius 1 is 0.882 bits per heavy atom. The Balaban J connectivity index is 0.000000437. The van der Waals surface area contributed by atoms with Crippen LogP contribution in [0.1, 0.15) is 44.9 Å². The highest BCUT2D eigenvalue weighted by molar-refractivity contribution is 7.45. The van der Waals surface area contributed by atoms with Gasteiger partial charge in [-0.1, -0.05) is 19.3 Å². The van der Waals surface area contributed by atoms with Crippen LogP contribution in [-0.4, -0.2) is 46.3 Å². The second kappa shape index (κ2) is 7.49. The number of phosphoric acid groups is 1. The van der Waals surface area contributed by atoms with Crippen molar-refractivity contribution >= 4 is 7.82 Å². The molecule has 0 unspecified atom stereocenters. The lowest BCUT2D eigenvalue weighted by atomic mass is 9.95. The van der Waals surface area contributed by atoms with Crippen molar-refractivity contribution in [1.82, 2.24) is 0 Å². The molecular weight excluding hydrogens is 241 g/mol. The fraction of sp³-hybridized carbons (Fsp3) is 1.00. The van der Waals surface area contributed by atoms with Gasteiger partial charge in [0.2, 0.25) is 0 Å². The van der Waals surface area contributed by atoms with E-state index in [9.17, 15) is 0 Å². The predicted molar refractivity (Wildman–Crippen MR) is 68.4 cm³/mol. The average molecular weight is 268 g/mol. The van der Waals surface area contributed by atoms with E-state index >= 15 is 0 Å². The van der Waals surface area contributed by atoms with Crippen LogP contribution in [0, 0.1) is 0 Å². The molecule has 0 heterocycles. The Bertz CT molecular complexity index is 230. The van der Waals surface area contributed by atoms with E-state index in [1.165, 1.54) is 49.4 Å². The van der Waals surface area contributed by atoms with E-state index in [1.807, 2.05) is 0 Å². The summed E-state index contributed by atoms with van der Waals surface area (Å²) in [6.07, 6.45) is 10.2. The van der Waals surface area contributed by atoms with Gasteiger partial charge < -0.3 is 19.2 Å². The maximum Gasteiger partial charge on any atom is 0.466 e. The minimum absolute atomic E-state index is 0.922. The molecule has 0 radical (unpaired) electrons. The molecule has 0 amide bonds. The quantitative estimate of drug-likeness (QED) is 0.501. The fourth-order valence-electron chi connectivity index (χ4n) is 2.21. The van der Waals surface area contributed by atoms with Crippen LogP contribution in [0.25, 0.3) is 0 Å². The van der Waals surface area contributed by atoms with Crippen LogP contribution in [-0.2, 0) is 4.57 Å². The zero-order chi connectivity index (χ0) is 13.5. The fourth-order valence-corrected chi connectivity index (χ4v) is 2.21. The van der Waals surface area contributed by atoms with Crippen LogP contribution in [0.15, 0.2) is 0 Å². The van der Waals surface area contributed by atoms with Crippen molar-refractivity contribution in [3.05, 3.63) is 0 Å². The Labute approximate surface area is 104 Å². The Kier molecular flexibility index (Phi) is 7.52. The summed E-state index contributed by atoms with van der Waals surface area (Å²) in [7, 11) is 2.38. The maximum absolute atomic E-state index is 8.88. The van der Waals surface area contributed by atoms with Crippen LogP contribution < -0.4 is 0 Å². The predicted octanol–water partition coefficient (Wildman–Crippen LogP) is 1.88. The molecule has 0 bridgehead atoms. The zero-order valence-electron chi connectivity index (χ0n) is 11.2. The number of rotatable bonds is 1. The van der Waals surface area contributed by atoms with E-state index in [0.29, 0.717) is 0 Å². The number of hydrogen-bond acceptors (Lipinski definition) is 1. The second-order valence-electron chi connectivity index (χ2n) is 5.63. The molecule has 0 aliphatic heterocycles. The van der Waals surface area contributed by atoms with Gasteiger partial charge in [-0.25, -0.2) is 4.57 Å². The summed E-state index contributed by atoms with van der Waals surface area (Å²) in [5.74, 6) is 0. The van der Waals surface area contributed by atoms with Gasteiger partial charge in [-0.15, -0.1) is 0 Å². The summed E-state index contributed by atoms with van der Waals surface area (Å²) in [6.45, 7) is 0. The van der Waals surface area contributed by atoms with Gasteiger partial charge in [0.15, 0.2) is 0 Å². The molecule has 1 rings (SSSR count). The van der Waals surface area contributed by atoms with Gasteiger partial charge in [-0.05, 0) is 25.7 Å². The van der Waals surface area contributed by atoms with Crippen LogP contribution in [0.4, 0.5) is 0 Å². The van der Waals surface area contributed by atoms with E-state index in [1.54, 1.807) is 0 Å². The van der Waals surface area contributed by atoms with Gasteiger partial charge in [0.05, 0.1) is 27.2 Å². The number of quaternary nitrogens is 1. The SMILES string of the molecule is C[N+](C)(C)C1CCCCCCC1.O=P(O)(O)O. The van der Waals surface area contributed by atoms with Crippen molar-refractivity contribution in [3.8, 4) is 0 Å². The van der Waals surface area contributed by atoms with Crippen molar-refractivity contribution < 1.29 is 23.7 Å². The van der Waals surface area contributed by atoms with Gasteiger partial charge in [-0.2, -0.15) is 0 Å². The van der Waals surface area contributed by atoms with Crippen LogP contribution in [0.5, 0.6) is 0 Å². The summed E-state index contributed by atoms with van der Waals surface area (Å²) in [4.78, 5) is 21.6. The summed E-state index contributed by atoms with van der Waals surface area (Å²) < 4.78 is 10.0. The normalized spacial score (nSPS) is 19.9. The molecule has 1 aliphatic rings. The van der Waals surface area contributed by atoms with Gasteiger partial charge >= 0.3 is 7.82 Å². The van der Waals surface area contributed by atoms with E-state index in [4.69, 9.17) is 19.2 Å². The van der Waals surface area contributed by atoms with Gasteiger partial charge in [0.25, 0.3) is 0 Å². The molecule has 0 aromatic heterocycles. The maximum atomic E-state index is 8.88. The molecule has 0 aromatic carbocycles. The molecule has 0 saturated heterocycles. The zero-order valence-corrected chi connectivity index (χ0v) is 12.1. The number of hydrogen-bond donors (Lipinski definition) is 3. The van der Waals surface area contributed by atoms with Crippen molar-refractivity contribution in [2.75, 3.05) is 21.1 Å². The van der Waals surface area contributed by atoms with Gasteiger partial charge in [0, 0.05) is 0 Å². The molecule has 5 nitrogen and oxygen atoms in total. The van der Waals surface area contributed by atoms with Crippen molar-refractivity contribution in [1.29, 1.82) is 0 Å². The second-order valence-corrected chi connectivity index (χ2v) is 6.66. The third-order valence-electron chi connectivity index (χ3n) is 3.17. The van der Waals surface area contributed by atoms with Crippen LogP contribution in [0.3, 0.4) is 0 Å².